The Bertz CT molecular complexity index is 2070. The van der Waals surface area contributed by atoms with Crippen LogP contribution in [-0.4, -0.2) is 31.3 Å². The summed E-state index contributed by atoms with van der Waals surface area (Å²) >= 11 is 5.11. The first-order valence-corrected chi connectivity index (χ1v) is 17.2. The van der Waals surface area contributed by atoms with Gasteiger partial charge in [-0.05, 0) is 81.2 Å². The Morgan fingerprint density at radius 1 is 0.800 bits per heavy atom. The molecule has 0 radical (unpaired) electrons. The maximum atomic E-state index is 12.8. The van der Waals surface area contributed by atoms with Crippen LogP contribution in [-0.2, 0) is 13.2 Å². The fourth-order valence-corrected chi connectivity index (χ4v) is 6.21. The number of hydrogen-bond acceptors (Lipinski definition) is 9. The summed E-state index contributed by atoms with van der Waals surface area (Å²) in [5.74, 6) is 1.95. The van der Waals surface area contributed by atoms with Crippen molar-refractivity contribution in [1.82, 2.24) is 10.4 Å². The Labute approximate surface area is 302 Å². The van der Waals surface area contributed by atoms with Crippen molar-refractivity contribution >= 4 is 50.2 Å². The molecule has 9 nitrogen and oxygen atoms in total. The van der Waals surface area contributed by atoms with E-state index in [9.17, 15) is 4.79 Å². The average Bonchev–Trinajstić information content (AvgIpc) is 3.62. The number of nitrogens with one attached hydrogen (secondary N) is 2. The number of carbonyl (C=O) groups excluding carboxylic acids is 1. The van der Waals surface area contributed by atoms with E-state index in [0.29, 0.717) is 45.2 Å². The maximum Gasteiger partial charge on any atom is 0.271 e. The molecule has 0 saturated carbocycles. The highest BCUT2D eigenvalue weighted by Gasteiger charge is 2.14. The minimum absolute atomic E-state index is 0.265. The van der Waals surface area contributed by atoms with Crippen molar-refractivity contribution in [1.29, 1.82) is 0 Å². The number of aromatic nitrogens is 1. The lowest BCUT2D eigenvalue weighted by Gasteiger charge is -2.15. The van der Waals surface area contributed by atoms with Crippen LogP contribution in [0.2, 0.25) is 0 Å². The minimum atomic E-state index is -0.338. The third kappa shape index (κ3) is 8.87. The molecule has 5 aromatic carbocycles. The predicted molar refractivity (Wildman–Crippen MR) is 201 cm³/mol. The molecule has 2 N–H and O–H groups in total. The summed E-state index contributed by atoms with van der Waals surface area (Å²) in [5, 5.41) is 10.2. The van der Waals surface area contributed by atoms with Gasteiger partial charge in [0.25, 0.3) is 5.91 Å². The van der Waals surface area contributed by atoms with Crippen LogP contribution in [0.3, 0.4) is 0 Å². The molecule has 252 valence electrons. The van der Waals surface area contributed by atoms with E-state index in [1.165, 1.54) is 11.3 Å². The first-order valence-electron chi connectivity index (χ1n) is 15.5. The predicted octanol–water partition coefficient (Wildman–Crippen LogP) is 9.26. The van der Waals surface area contributed by atoms with Crippen LogP contribution in [0.4, 0.5) is 10.8 Å². The van der Waals surface area contributed by atoms with Crippen molar-refractivity contribution in [2.24, 2.45) is 5.10 Å². The molecule has 0 unspecified atom stereocenters. The van der Waals surface area contributed by atoms with Gasteiger partial charge in [0.1, 0.15) is 13.2 Å². The highest BCUT2D eigenvalue weighted by molar-refractivity contribution is 9.10. The van der Waals surface area contributed by atoms with Crippen molar-refractivity contribution in [2.45, 2.75) is 13.2 Å². The summed E-state index contributed by atoms with van der Waals surface area (Å²) in [6.07, 6.45) is 1.54. The van der Waals surface area contributed by atoms with Crippen molar-refractivity contribution in [3.05, 3.63) is 147 Å². The lowest BCUT2D eigenvalue weighted by Crippen LogP contribution is -2.17. The largest absolute Gasteiger partial charge is 0.493 e. The second-order valence-electron chi connectivity index (χ2n) is 10.9. The van der Waals surface area contributed by atoms with E-state index in [1.54, 1.807) is 38.6 Å². The molecule has 6 aromatic rings. The van der Waals surface area contributed by atoms with Gasteiger partial charge in [-0.15, -0.1) is 11.3 Å². The van der Waals surface area contributed by atoms with Crippen molar-refractivity contribution < 1.29 is 23.7 Å². The van der Waals surface area contributed by atoms with Gasteiger partial charge in [0.2, 0.25) is 0 Å². The number of ether oxygens (including phenoxy) is 4. The number of anilines is 2. The lowest BCUT2D eigenvalue weighted by atomic mass is 10.1. The number of thiazole rings is 1. The molecular weight excluding hydrogens is 716 g/mol. The van der Waals surface area contributed by atoms with Gasteiger partial charge < -0.3 is 24.3 Å². The normalized spacial score (nSPS) is 10.9. The molecule has 0 aliphatic rings. The minimum Gasteiger partial charge on any atom is -0.493 e. The van der Waals surface area contributed by atoms with Crippen molar-refractivity contribution in [2.75, 3.05) is 19.5 Å². The SMILES string of the molecule is COc1cc(COc2c(Br)cc(/C=N/NC(=O)c3ccc(-c4csc(Nc5ccccc5)n4)cc3)cc2OC)ccc1OCc1ccccc1. The molecule has 1 heterocycles. The van der Waals surface area contributed by atoms with Crippen LogP contribution in [0, 0.1) is 0 Å². The molecule has 0 aliphatic heterocycles. The van der Waals surface area contributed by atoms with E-state index >= 15 is 0 Å². The molecule has 0 spiro atoms. The summed E-state index contributed by atoms with van der Waals surface area (Å²) in [6, 6.07) is 36.4. The number of hydrazone groups is 1. The summed E-state index contributed by atoms with van der Waals surface area (Å²) < 4.78 is 24.0. The van der Waals surface area contributed by atoms with Crippen molar-refractivity contribution in [3.63, 3.8) is 0 Å². The zero-order valence-corrected chi connectivity index (χ0v) is 29.7. The van der Waals surface area contributed by atoms with E-state index in [1.807, 2.05) is 102 Å². The topological polar surface area (TPSA) is 103 Å². The van der Waals surface area contributed by atoms with Gasteiger partial charge in [-0.2, -0.15) is 5.10 Å². The van der Waals surface area contributed by atoms with Crippen LogP contribution >= 0.6 is 27.3 Å². The van der Waals surface area contributed by atoms with Gasteiger partial charge >= 0.3 is 0 Å². The van der Waals surface area contributed by atoms with Crippen LogP contribution in [0.25, 0.3) is 11.3 Å². The van der Waals surface area contributed by atoms with E-state index in [0.717, 1.165) is 33.2 Å². The second kappa shape index (κ2) is 16.6. The van der Waals surface area contributed by atoms with Crippen LogP contribution in [0.5, 0.6) is 23.0 Å². The maximum absolute atomic E-state index is 12.8. The number of hydrogen-bond donors (Lipinski definition) is 2. The quantitative estimate of drug-likeness (QED) is 0.0846. The zero-order valence-electron chi connectivity index (χ0n) is 27.3. The molecular formula is C39H33BrN4O5S. The average molecular weight is 750 g/mol. The molecule has 0 saturated heterocycles. The highest BCUT2D eigenvalue weighted by Crippen LogP contribution is 2.37. The third-order valence-electron chi connectivity index (χ3n) is 7.45. The lowest BCUT2D eigenvalue weighted by molar-refractivity contribution is 0.0955. The first kappa shape index (κ1) is 34.2. The summed E-state index contributed by atoms with van der Waals surface area (Å²) in [6.45, 7) is 0.702. The second-order valence-corrected chi connectivity index (χ2v) is 12.6. The number of benzene rings is 5. The summed E-state index contributed by atoms with van der Waals surface area (Å²) in [4.78, 5) is 17.5. The number of halogens is 1. The first-order chi connectivity index (χ1) is 24.5. The molecule has 0 fully saturated rings. The molecule has 0 bridgehead atoms. The Morgan fingerprint density at radius 3 is 2.26 bits per heavy atom. The molecule has 50 heavy (non-hydrogen) atoms. The third-order valence-corrected chi connectivity index (χ3v) is 8.80. The summed E-state index contributed by atoms with van der Waals surface area (Å²) in [7, 11) is 3.17. The smallest absolute Gasteiger partial charge is 0.271 e. The Hall–Kier alpha value is -5.65. The standard InChI is InChI=1S/C39H33BrN4O5S/c1-46-35-20-27(13-18-34(35)48-23-26-9-5-3-6-10-26)24-49-37-32(40)19-28(21-36(37)47-2)22-41-44-38(45)30-16-14-29(15-17-30)33-25-50-39(43-33)42-31-11-7-4-8-12-31/h3-22,25H,23-24H2,1-2H3,(H,42,43)(H,44,45)/b41-22+. The van der Waals surface area contributed by atoms with Crippen molar-refractivity contribution in [3.8, 4) is 34.3 Å². The Morgan fingerprint density at radius 2 is 1.52 bits per heavy atom. The number of amides is 1. The van der Waals surface area contributed by atoms with Gasteiger partial charge in [0.05, 0.1) is 30.6 Å². The highest BCUT2D eigenvalue weighted by atomic mass is 79.9. The monoisotopic (exact) mass is 748 g/mol. The molecule has 0 aliphatic carbocycles. The molecule has 11 heteroatoms. The number of nitrogens with zero attached hydrogens (tertiary/aromatic N) is 2. The zero-order chi connectivity index (χ0) is 34.7. The molecule has 1 aromatic heterocycles. The van der Waals surface area contributed by atoms with Gasteiger partial charge in [0, 0.05) is 22.2 Å². The van der Waals surface area contributed by atoms with E-state index in [-0.39, 0.29) is 12.5 Å². The van der Waals surface area contributed by atoms with Gasteiger partial charge in [0.15, 0.2) is 28.1 Å². The molecule has 6 rings (SSSR count). The van der Waals surface area contributed by atoms with E-state index in [2.05, 4.69) is 36.8 Å². The van der Waals surface area contributed by atoms with Crippen LogP contribution in [0.15, 0.2) is 130 Å². The number of carbonyl (C=O) groups is 1. The summed E-state index contributed by atoms with van der Waals surface area (Å²) in [5.41, 5.74) is 8.42. The Balaban J connectivity index is 1.03. The number of rotatable bonds is 14. The fraction of sp³-hybridized carbons (Fsp3) is 0.103. The van der Waals surface area contributed by atoms with Gasteiger partial charge in [-0.3, -0.25) is 4.79 Å². The van der Waals surface area contributed by atoms with Gasteiger partial charge in [-0.25, -0.2) is 10.4 Å². The van der Waals surface area contributed by atoms with Crippen LogP contribution in [0.1, 0.15) is 27.0 Å². The van der Waals surface area contributed by atoms with Gasteiger partial charge in [-0.1, -0.05) is 66.7 Å². The molecule has 0 atom stereocenters. The fourth-order valence-electron chi connectivity index (χ4n) is 4.90. The van der Waals surface area contributed by atoms with Crippen LogP contribution < -0.4 is 29.7 Å². The Kier molecular flexibility index (Phi) is 11.4. The number of para-hydroxylation sites is 1. The number of methoxy groups -OCH3 is 2. The van der Waals surface area contributed by atoms with E-state index in [4.69, 9.17) is 18.9 Å². The molecule has 1 amide bonds. The van der Waals surface area contributed by atoms with E-state index < -0.39 is 0 Å².